The number of hydrogen-bond donors (Lipinski definition) is 1. The Hall–Kier alpha value is -1.53. The second-order valence-electron chi connectivity index (χ2n) is 5.81. The first-order valence-electron chi connectivity index (χ1n) is 7.64. The summed E-state index contributed by atoms with van der Waals surface area (Å²) in [5, 5.41) is 13.8. The summed E-state index contributed by atoms with van der Waals surface area (Å²) in [7, 11) is 0. The van der Waals surface area contributed by atoms with Crippen molar-refractivity contribution >= 4 is 16.5 Å². The molecule has 2 aliphatic rings. The first kappa shape index (κ1) is 13.2. The highest BCUT2D eigenvalue weighted by molar-refractivity contribution is 7.18. The Morgan fingerprint density at radius 2 is 1.95 bits per heavy atom. The molecule has 4 rings (SSSR count). The second-order valence-corrected chi connectivity index (χ2v) is 6.79. The van der Waals surface area contributed by atoms with Gasteiger partial charge in [-0.15, -0.1) is 10.2 Å². The van der Waals surface area contributed by atoms with Crippen molar-refractivity contribution in [1.29, 1.82) is 0 Å². The third-order valence-electron chi connectivity index (χ3n) is 4.23. The van der Waals surface area contributed by atoms with Gasteiger partial charge in [0.1, 0.15) is 5.69 Å². The highest BCUT2D eigenvalue weighted by Gasteiger charge is 2.31. The topological polar surface area (TPSA) is 53.9 Å². The van der Waals surface area contributed by atoms with Crippen LogP contribution in [-0.4, -0.2) is 45.3 Å². The fourth-order valence-electron chi connectivity index (χ4n) is 2.90. The maximum Gasteiger partial charge on any atom is 0.206 e. The zero-order valence-corrected chi connectivity index (χ0v) is 12.7. The molecule has 2 aromatic heterocycles. The summed E-state index contributed by atoms with van der Waals surface area (Å²) >= 11 is 1.59. The van der Waals surface area contributed by atoms with E-state index in [9.17, 15) is 0 Å². The minimum absolute atomic E-state index is 0.532. The molecular weight excluding hydrogens is 282 g/mol. The highest BCUT2D eigenvalue weighted by Crippen LogP contribution is 2.31. The number of likely N-dealkylation sites (tertiary alicyclic amines) is 1. The van der Waals surface area contributed by atoms with Crippen molar-refractivity contribution in [1.82, 2.24) is 20.1 Å². The molecule has 3 heterocycles. The summed E-state index contributed by atoms with van der Waals surface area (Å²) < 4.78 is 0. The molecule has 1 N–H and O–H groups in total. The van der Waals surface area contributed by atoms with Crippen LogP contribution in [0.25, 0.3) is 10.7 Å². The zero-order valence-electron chi connectivity index (χ0n) is 11.9. The number of hydrogen-bond acceptors (Lipinski definition) is 6. The lowest BCUT2D eigenvalue weighted by molar-refractivity contribution is 0.210. The van der Waals surface area contributed by atoms with Gasteiger partial charge in [0.15, 0.2) is 5.01 Å². The summed E-state index contributed by atoms with van der Waals surface area (Å²) in [6.07, 6.45) is 7.01. The summed E-state index contributed by atoms with van der Waals surface area (Å²) in [6, 6.07) is 7.29. The SMILES string of the molecule is c1ccc(-c2nnc(NC3CCN(C4CC4)CC3)s2)nc1. The van der Waals surface area contributed by atoms with Gasteiger partial charge in [-0.2, -0.15) is 0 Å². The Kier molecular flexibility index (Phi) is 3.57. The van der Waals surface area contributed by atoms with E-state index in [2.05, 4.69) is 25.4 Å². The minimum Gasteiger partial charge on any atom is -0.357 e. The number of rotatable bonds is 4. The van der Waals surface area contributed by atoms with Crippen LogP contribution in [0.2, 0.25) is 0 Å². The van der Waals surface area contributed by atoms with Crippen LogP contribution in [0.4, 0.5) is 5.13 Å². The van der Waals surface area contributed by atoms with E-state index in [0.717, 1.165) is 21.9 Å². The molecule has 1 saturated carbocycles. The van der Waals surface area contributed by atoms with Gasteiger partial charge >= 0.3 is 0 Å². The fourth-order valence-corrected chi connectivity index (χ4v) is 3.69. The van der Waals surface area contributed by atoms with Crippen LogP contribution in [0.15, 0.2) is 24.4 Å². The minimum atomic E-state index is 0.532. The van der Waals surface area contributed by atoms with Crippen molar-refractivity contribution in [2.24, 2.45) is 0 Å². The number of nitrogens with zero attached hydrogens (tertiary/aromatic N) is 4. The molecule has 21 heavy (non-hydrogen) atoms. The first-order valence-corrected chi connectivity index (χ1v) is 8.45. The number of nitrogens with one attached hydrogen (secondary N) is 1. The van der Waals surface area contributed by atoms with Crippen LogP contribution in [0, 0.1) is 0 Å². The molecule has 2 fully saturated rings. The van der Waals surface area contributed by atoms with E-state index in [1.165, 1.54) is 38.8 Å². The molecule has 6 heteroatoms. The van der Waals surface area contributed by atoms with Gasteiger partial charge in [0, 0.05) is 31.4 Å². The monoisotopic (exact) mass is 301 g/mol. The maximum atomic E-state index is 4.32. The molecule has 0 spiro atoms. The Labute approximate surface area is 128 Å². The van der Waals surface area contributed by atoms with Gasteiger partial charge in [-0.25, -0.2) is 0 Å². The third kappa shape index (κ3) is 3.06. The molecule has 0 radical (unpaired) electrons. The van der Waals surface area contributed by atoms with Crippen molar-refractivity contribution < 1.29 is 0 Å². The van der Waals surface area contributed by atoms with Gasteiger partial charge in [0.25, 0.3) is 0 Å². The van der Waals surface area contributed by atoms with E-state index < -0.39 is 0 Å². The van der Waals surface area contributed by atoms with E-state index in [4.69, 9.17) is 0 Å². The molecule has 1 aliphatic heterocycles. The molecule has 0 aromatic carbocycles. The largest absolute Gasteiger partial charge is 0.357 e. The van der Waals surface area contributed by atoms with E-state index >= 15 is 0 Å². The number of aromatic nitrogens is 3. The van der Waals surface area contributed by atoms with Crippen LogP contribution in [0.5, 0.6) is 0 Å². The molecule has 5 nitrogen and oxygen atoms in total. The third-order valence-corrected chi connectivity index (χ3v) is 5.11. The molecule has 0 amide bonds. The standard InChI is InChI=1S/C15H19N5S/c1-2-8-16-13(3-1)14-18-19-15(21-14)17-11-6-9-20(10-7-11)12-4-5-12/h1-3,8,11-12H,4-7,9-10H2,(H,17,19). The van der Waals surface area contributed by atoms with Crippen molar-refractivity contribution in [3.05, 3.63) is 24.4 Å². The molecule has 2 aromatic rings. The molecule has 0 bridgehead atoms. The van der Waals surface area contributed by atoms with Crippen LogP contribution < -0.4 is 5.32 Å². The Bertz CT molecular complexity index is 587. The van der Waals surface area contributed by atoms with E-state index in [1.54, 1.807) is 17.5 Å². The lowest BCUT2D eigenvalue weighted by Gasteiger charge is -2.32. The number of piperidine rings is 1. The molecule has 0 atom stereocenters. The smallest absolute Gasteiger partial charge is 0.206 e. The Morgan fingerprint density at radius 1 is 1.10 bits per heavy atom. The van der Waals surface area contributed by atoms with Crippen LogP contribution in [0.3, 0.4) is 0 Å². The molecule has 0 unspecified atom stereocenters. The second kappa shape index (κ2) is 5.69. The quantitative estimate of drug-likeness (QED) is 0.941. The summed E-state index contributed by atoms with van der Waals surface area (Å²) in [4.78, 5) is 6.96. The van der Waals surface area contributed by atoms with Gasteiger partial charge < -0.3 is 10.2 Å². The maximum absolute atomic E-state index is 4.32. The van der Waals surface area contributed by atoms with E-state index in [0.29, 0.717) is 6.04 Å². The van der Waals surface area contributed by atoms with Crippen molar-refractivity contribution in [2.75, 3.05) is 18.4 Å². The Morgan fingerprint density at radius 3 is 2.67 bits per heavy atom. The van der Waals surface area contributed by atoms with Crippen LogP contribution in [0.1, 0.15) is 25.7 Å². The van der Waals surface area contributed by atoms with Crippen LogP contribution >= 0.6 is 11.3 Å². The van der Waals surface area contributed by atoms with E-state index in [-0.39, 0.29) is 0 Å². The Balaban J connectivity index is 1.36. The van der Waals surface area contributed by atoms with Gasteiger partial charge in [0.05, 0.1) is 0 Å². The predicted molar refractivity (Wildman–Crippen MR) is 84.4 cm³/mol. The normalized spacial score (nSPS) is 20.6. The molecule has 1 saturated heterocycles. The van der Waals surface area contributed by atoms with Gasteiger partial charge in [0.2, 0.25) is 5.13 Å². The van der Waals surface area contributed by atoms with Gasteiger partial charge in [-0.1, -0.05) is 17.4 Å². The van der Waals surface area contributed by atoms with Crippen molar-refractivity contribution in [3.63, 3.8) is 0 Å². The van der Waals surface area contributed by atoms with Crippen molar-refractivity contribution in [3.8, 4) is 10.7 Å². The van der Waals surface area contributed by atoms with Crippen LogP contribution in [-0.2, 0) is 0 Å². The van der Waals surface area contributed by atoms with Crippen molar-refractivity contribution in [2.45, 2.75) is 37.8 Å². The zero-order chi connectivity index (χ0) is 14.1. The summed E-state index contributed by atoms with van der Waals surface area (Å²) in [5.41, 5.74) is 0.895. The summed E-state index contributed by atoms with van der Waals surface area (Å²) in [6.45, 7) is 2.43. The lowest BCUT2D eigenvalue weighted by atomic mass is 10.1. The van der Waals surface area contributed by atoms with E-state index in [1.807, 2.05) is 18.2 Å². The molecule has 110 valence electrons. The average molecular weight is 301 g/mol. The lowest BCUT2D eigenvalue weighted by Crippen LogP contribution is -2.40. The predicted octanol–water partition coefficient (Wildman–Crippen LogP) is 2.64. The van der Waals surface area contributed by atoms with Gasteiger partial charge in [-0.05, 0) is 37.8 Å². The molecular formula is C15H19N5S. The average Bonchev–Trinajstić information content (AvgIpc) is 3.29. The van der Waals surface area contributed by atoms with Gasteiger partial charge in [-0.3, -0.25) is 4.98 Å². The fraction of sp³-hybridized carbons (Fsp3) is 0.533. The number of anilines is 1. The summed E-state index contributed by atoms with van der Waals surface area (Å²) in [5.74, 6) is 0. The highest BCUT2D eigenvalue weighted by atomic mass is 32.1. The first-order chi connectivity index (χ1) is 10.4. The number of pyridine rings is 1. The molecule has 1 aliphatic carbocycles.